The third-order valence-corrected chi connectivity index (χ3v) is 3.33. The summed E-state index contributed by atoms with van der Waals surface area (Å²) in [4.78, 5) is 30.7. The summed E-state index contributed by atoms with van der Waals surface area (Å²) in [5.41, 5.74) is 0.500. The van der Waals surface area contributed by atoms with E-state index in [9.17, 15) is 14.7 Å². The Morgan fingerprint density at radius 2 is 2.12 bits per heavy atom. The summed E-state index contributed by atoms with van der Waals surface area (Å²) >= 11 is 0. The van der Waals surface area contributed by atoms with Crippen molar-refractivity contribution in [1.29, 1.82) is 0 Å². The number of hydrogen-bond donors (Lipinski definition) is 3. The zero-order valence-corrected chi connectivity index (χ0v) is 13.3. The summed E-state index contributed by atoms with van der Waals surface area (Å²) in [5.74, 6) is 0.948. The fraction of sp³-hybridized carbons (Fsp3) is 0.125. The molecule has 0 atom stereocenters. The number of hydrogen-bond acceptors (Lipinski definition) is 5. The number of urea groups is 1. The van der Waals surface area contributed by atoms with Crippen molar-refractivity contribution in [3.05, 3.63) is 42.9 Å². The Balaban J connectivity index is 1.87. The Morgan fingerprint density at radius 1 is 1.28 bits per heavy atom. The molecule has 9 heteroatoms. The highest BCUT2D eigenvalue weighted by atomic mass is 16.5. The standard InChI is InChI=1S/C16H15N5O4/c1-2-17-15(22)20-13-8-14(19-9-18-13)25-12-5-3-4-11-10(12)6-7-21(11)16(23)24/h3-9H,2H2,1H3,(H,23,24)(H2,17,18,19,20,22). The lowest BCUT2D eigenvalue weighted by atomic mass is 10.2. The molecule has 1 aromatic carbocycles. The van der Waals surface area contributed by atoms with Gasteiger partial charge in [-0.25, -0.2) is 19.6 Å². The molecule has 2 amide bonds. The Bertz CT molecular complexity index is 937. The third kappa shape index (κ3) is 3.50. The quantitative estimate of drug-likeness (QED) is 0.671. The van der Waals surface area contributed by atoms with Gasteiger partial charge in [-0.2, -0.15) is 0 Å². The first kappa shape index (κ1) is 16.2. The van der Waals surface area contributed by atoms with Crippen LogP contribution in [-0.2, 0) is 0 Å². The molecule has 0 unspecified atom stereocenters. The molecule has 2 aromatic heterocycles. The highest BCUT2D eigenvalue weighted by molar-refractivity contribution is 5.93. The predicted octanol–water partition coefficient (Wildman–Crippen LogP) is 2.89. The van der Waals surface area contributed by atoms with Gasteiger partial charge in [-0.15, -0.1) is 0 Å². The van der Waals surface area contributed by atoms with E-state index >= 15 is 0 Å². The molecular formula is C16H15N5O4. The van der Waals surface area contributed by atoms with Crippen LogP contribution < -0.4 is 15.4 Å². The molecule has 0 saturated heterocycles. The van der Waals surface area contributed by atoms with E-state index in [1.54, 1.807) is 31.2 Å². The Kier molecular flexibility index (Phi) is 4.46. The molecule has 2 heterocycles. The molecule has 0 radical (unpaired) electrons. The summed E-state index contributed by atoms with van der Waals surface area (Å²) in [7, 11) is 0. The van der Waals surface area contributed by atoms with Crippen molar-refractivity contribution in [2.24, 2.45) is 0 Å². The highest BCUT2D eigenvalue weighted by Gasteiger charge is 2.12. The molecule has 0 spiro atoms. The van der Waals surface area contributed by atoms with Crippen LogP contribution in [0.1, 0.15) is 6.92 Å². The summed E-state index contributed by atoms with van der Waals surface area (Å²) < 4.78 is 6.84. The van der Waals surface area contributed by atoms with Crippen molar-refractivity contribution in [2.45, 2.75) is 6.92 Å². The lowest BCUT2D eigenvalue weighted by Gasteiger charge is -2.08. The van der Waals surface area contributed by atoms with E-state index in [2.05, 4.69) is 20.6 Å². The number of rotatable bonds is 4. The van der Waals surface area contributed by atoms with E-state index in [0.29, 0.717) is 23.2 Å². The van der Waals surface area contributed by atoms with E-state index in [4.69, 9.17) is 4.74 Å². The Labute approximate surface area is 142 Å². The van der Waals surface area contributed by atoms with E-state index in [1.165, 1.54) is 18.6 Å². The monoisotopic (exact) mass is 341 g/mol. The van der Waals surface area contributed by atoms with Gasteiger partial charge in [0.25, 0.3) is 0 Å². The summed E-state index contributed by atoms with van der Waals surface area (Å²) in [6, 6.07) is 7.81. The number of ether oxygens (including phenoxy) is 1. The number of carbonyl (C=O) groups excluding carboxylic acids is 1. The zero-order chi connectivity index (χ0) is 17.8. The molecule has 0 aliphatic carbocycles. The van der Waals surface area contributed by atoms with Gasteiger partial charge >= 0.3 is 12.1 Å². The van der Waals surface area contributed by atoms with Gasteiger partial charge in [0.05, 0.1) is 5.52 Å². The molecule has 0 saturated carbocycles. The van der Waals surface area contributed by atoms with Crippen LogP contribution >= 0.6 is 0 Å². The molecule has 0 bridgehead atoms. The van der Waals surface area contributed by atoms with Crippen molar-refractivity contribution >= 4 is 28.8 Å². The minimum Gasteiger partial charge on any atom is -0.464 e. The van der Waals surface area contributed by atoms with Crippen LogP contribution in [0.5, 0.6) is 11.6 Å². The molecule has 3 aromatic rings. The maximum atomic E-state index is 11.5. The average molecular weight is 341 g/mol. The molecule has 9 nitrogen and oxygen atoms in total. The molecule has 0 fully saturated rings. The van der Waals surface area contributed by atoms with Crippen molar-refractivity contribution < 1.29 is 19.4 Å². The number of amides is 2. The number of fused-ring (bicyclic) bond motifs is 1. The van der Waals surface area contributed by atoms with Crippen molar-refractivity contribution in [1.82, 2.24) is 19.9 Å². The molecule has 0 aliphatic rings. The first-order chi connectivity index (χ1) is 12.1. The van der Waals surface area contributed by atoms with Gasteiger partial charge in [-0.3, -0.25) is 9.88 Å². The van der Waals surface area contributed by atoms with Gasteiger partial charge in [0.2, 0.25) is 5.88 Å². The van der Waals surface area contributed by atoms with E-state index < -0.39 is 6.09 Å². The summed E-state index contributed by atoms with van der Waals surface area (Å²) in [6.45, 7) is 2.29. The summed E-state index contributed by atoms with van der Waals surface area (Å²) in [6.07, 6.45) is 1.63. The molecule has 25 heavy (non-hydrogen) atoms. The van der Waals surface area contributed by atoms with Crippen molar-refractivity contribution in [2.75, 3.05) is 11.9 Å². The van der Waals surface area contributed by atoms with Gasteiger partial charge in [0.15, 0.2) is 0 Å². The topological polar surface area (TPSA) is 118 Å². The molecule has 128 valence electrons. The normalized spacial score (nSPS) is 10.4. The molecular weight excluding hydrogens is 326 g/mol. The van der Waals surface area contributed by atoms with Crippen LogP contribution in [0.2, 0.25) is 0 Å². The predicted molar refractivity (Wildman–Crippen MR) is 90.2 cm³/mol. The van der Waals surface area contributed by atoms with Gasteiger partial charge in [0.1, 0.15) is 17.9 Å². The highest BCUT2D eigenvalue weighted by Crippen LogP contribution is 2.30. The lowest BCUT2D eigenvalue weighted by molar-refractivity contribution is 0.197. The number of carbonyl (C=O) groups is 2. The lowest BCUT2D eigenvalue weighted by Crippen LogP contribution is -2.28. The maximum absolute atomic E-state index is 11.5. The number of benzene rings is 1. The molecule has 3 N–H and O–H groups in total. The molecule has 3 rings (SSSR count). The van der Waals surface area contributed by atoms with Gasteiger partial charge < -0.3 is 15.2 Å². The number of carboxylic acid groups (broad SMARTS) is 1. The fourth-order valence-electron chi connectivity index (χ4n) is 2.29. The molecule has 0 aliphatic heterocycles. The fourth-order valence-corrected chi connectivity index (χ4v) is 2.29. The van der Waals surface area contributed by atoms with Crippen molar-refractivity contribution in [3.63, 3.8) is 0 Å². The Hall–Kier alpha value is -3.62. The first-order valence-corrected chi connectivity index (χ1v) is 7.46. The second-order valence-corrected chi connectivity index (χ2v) is 4.99. The van der Waals surface area contributed by atoms with Crippen LogP contribution in [0.4, 0.5) is 15.4 Å². The maximum Gasteiger partial charge on any atom is 0.416 e. The van der Waals surface area contributed by atoms with Crippen LogP contribution in [0.3, 0.4) is 0 Å². The van der Waals surface area contributed by atoms with Crippen LogP contribution in [0.15, 0.2) is 42.9 Å². The smallest absolute Gasteiger partial charge is 0.416 e. The first-order valence-electron chi connectivity index (χ1n) is 7.46. The van der Waals surface area contributed by atoms with E-state index in [0.717, 1.165) is 4.57 Å². The average Bonchev–Trinajstić information content (AvgIpc) is 3.01. The number of anilines is 1. The van der Waals surface area contributed by atoms with Crippen LogP contribution in [-0.4, -0.2) is 38.3 Å². The van der Waals surface area contributed by atoms with Crippen molar-refractivity contribution in [3.8, 4) is 11.6 Å². The number of aromatic nitrogens is 3. The number of nitrogens with one attached hydrogen (secondary N) is 2. The minimum atomic E-state index is -1.08. The SMILES string of the molecule is CCNC(=O)Nc1cc(Oc2cccc3c2ccn3C(=O)O)ncn1. The minimum absolute atomic E-state index is 0.220. The zero-order valence-electron chi connectivity index (χ0n) is 13.3. The number of nitrogens with zero attached hydrogens (tertiary/aromatic N) is 3. The van der Waals surface area contributed by atoms with Gasteiger partial charge in [-0.05, 0) is 25.1 Å². The van der Waals surface area contributed by atoms with Crippen LogP contribution in [0.25, 0.3) is 10.9 Å². The van der Waals surface area contributed by atoms with E-state index in [-0.39, 0.29) is 17.7 Å². The largest absolute Gasteiger partial charge is 0.464 e. The third-order valence-electron chi connectivity index (χ3n) is 3.33. The van der Waals surface area contributed by atoms with Gasteiger partial charge in [0, 0.05) is 24.2 Å². The Morgan fingerprint density at radius 3 is 2.88 bits per heavy atom. The van der Waals surface area contributed by atoms with E-state index in [1.807, 2.05) is 0 Å². The van der Waals surface area contributed by atoms with Gasteiger partial charge in [-0.1, -0.05) is 6.07 Å². The second kappa shape index (κ2) is 6.87. The second-order valence-electron chi connectivity index (χ2n) is 4.99. The summed E-state index contributed by atoms with van der Waals surface area (Å²) in [5, 5.41) is 15.0. The van der Waals surface area contributed by atoms with Crippen LogP contribution in [0, 0.1) is 0 Å².